The summed E-state index contributed by atoms with van der Waals surface area (Å²) in [5.74, 6) is 0. The molecule has 0 N–H and O–H groups in total. The topological polar surface area (TPSA) is 0 Å². The van der Waals surface area contributed by atoms with Gasteiger partial charge in [0.25, 0.3) is 0 Å². The monoisotopic (exact) mass is 218 g/mol. The Labute approximate surface area is 96.0 Å². The SMILES string of the molecule is CC1(C)CCCC2(C)C1=Cc1sccc12. The van der Waals surface area contributed by atoms with E-state index in [1.54, 1.807) is 11.1 Å². The molecule has 1 aromatic rings. The minimum atomic E-state index is 0.358. The lowest BCUT2D eigenvalue weighted by Crippen LogP contribution is -2.35. The van der Waals surface area contributed by atoms with E-state index in [1.165, 1.54) is 24.1 Å². The first-order valence-corrected chi connectivity index (χ1v) is 6.73. The highest BCUT2D eigenvalue weighted by Gasteiger charge is 2.46. The van der Waals surface area contributed by atoms with Crippen molar-refractivity contribution in [1.82, 2.24) is 0 Å². The molecular formula is C14H18S. The van der Waals surface area contributed by atoms with Gasteiger partial charge in [0.1, 0.15) is 0 Å². The van der Waals surface area contributed by atoms with E-state index < -0.39 is 0 Å². The molecule has 0 radical (unpaired) electrons. The summed E-state index contributed by atoms with van der Waals surface area (Å²) >= 11 is 1.90. The molecule has 1 aromatic heterocycles. The molecule has 2 aliphatic rings. The third kappa shape index (κ3) is 1.13. The highest BCUT2D eigenvalue weighted by molar-refractivity contribution is 7.11. The number of thiophene rings is 1. The van der Waals surface area contributed by atoms with Crippen LogP contribution in [0.1, 0.15) is 50.5 Å². The molecule has 80 valence electrons. The van der Waals surface area contributed by atoms with Crippen LogP contribution in [0, 0.1) is 5.41 Å². The Hall–Kier alpha value is -0.560. The maximum Gasteiger partial charge on any atom is 0.0311 e. The van der Waals surface area contributed by atoms with Gasteiger partial charge in [-0.15, -0.1) is 11.3 Å². The predicted octanol–water partition coefficient (Wildman–Crippen LogP) is 4.61. The van der Waals surface area contributed by atoms with Crippen LogP contribution in [0.15, 0.2) is 17.0 Å². The van der Waals surface area contributed by atoms with Crippen molar-refractivity contribution in [3.8, 4) is 0 Å². The summed E-state index contributed by atoms with van der Waals surface area (Å²) in [6.07, 6.45) is 6.53. The Morgan fingerprint density at radius 3 is 2.80 bits per heavy atom. The molecule has 0 spiro atoms. The molecule has 2 aliphatic carbocycles. The van der Waals surface area contributed by atoms with E-state index in [4.69, 9.17) is 0 Å². The van der Waals surface area contributed by atoms with Gasteiger partial charge >= 0.3 is 0 Å². The molecule has 1 heteroatoms. The van der Waals surface area contributed by atoms with Crippen molar-refractivity contribution in [2.45, 2.75) is 45.4 Å². The Morgan fingerprint density at radius 2 is 2.00 bits per heavy atom. The summed E-state index contributed by atoms with van der Waals surface area (Å²) in [5.41, 5.74) is 4.04. The molecule has 1 heterocycles. The zero-order chi connectivity index (χ0) is 10.7. The van der Waals surface area contributed by atoms with Gasteiger partial charge in [0.15, 0.2) is 0 Å². The Bertz CT molecular complexity index is 436. The standard InChI is InChI=1S/C14H18S/c1-13(2)6-4-7-14(3)10-5-8-15-11(10)9-12(13)14/h5,8-9H,4,6-7H2,1-3H3. The van der Waals surface area contributed by atoms with Crippen LogP contribution in [0.2, 0.25) is 0 Å². The molecule has 1 unspecified atom stereocenters. The van der Waals surface area contributed by atoms with E-state index in [2.05, 4.69) is 38.3 Å². The van der Waals surface area contributed by atoms with Crippen molar-refractivity contribution in [3.63, 3.8) is 0 Å². The Balaban J connectivity index is 2.20. The normalized spacial score (nSPS) is 32.1. The van der Waals surface area contributed by atoms with E-state index in [0.29, 0.717) is 10.8 Å². The molecule has 1 fully saturated rings. The van der Waals surface area contributed by atoms with Crippen LogP contribution in [0.25, 0.3) is 6.08 Å². The van der Waals surface area contributed by atoms with Gasteiger partial charge in [-0.3, -0.25) is 0 Å². The van der Waals surface area contributed by atoms with Gasteiger partial charge in [0, 0.05) is 10.3 Å². The first-order chi connectivity index (χ1) is 7.04. The van der Waals surface area contributed by atoms with Crippen LogP contribution in [0.4, 0.5) is 0 Å². The first kappa shape index (κ1) is 9.65. The van der Waals surface area contributed by atoms with Crippen molar-refractivity contribution >= 4 is 17.4 Å². The molecule has 0 aromatic carbocycles. The average Bonchev–Trinajstić information content (AvgIpc) is 2.67. The summed E-state index contributed by atoms with van der Waals surface area (Å²) in [5, 5.41) is 2.24. The van der Waals surface area contributed by atoms with Gasteiger partial charge in [-0.2, -0.15) is 0 Å². The summed E-state index contributed by atoms with van der Waals surface area (Å²) in [6, 6.07) is 2.34. The Kier molecular flexibility index (Phi) is 1.78. The van der Waals surface area contributed by atoms with Crippen LogP contribution in [0.3, 0.4) is 0 Å². The van der Waals surface area contributed by atoms with Gasteiger partial charge < -0.3 is 0 Å². The predicted molar refractivity (Wildman–Crippen MR) is 67.3 cm³/mol. The largest absolute Gasteiger partial charge is 0.144 e. The van der Waals surface area contributed by atoms with Gasteiger partial charge in [0.05, 0.1) is 0 Å². The maximum absolute atomic E-state index is 2.47. The van der Waals surface area contributed by atoms with Crippen molar-refractivity contribution < 1.29 is 0 Å². The highest BCUT2D eigenvalue weighted by Crippen LogP contribution is 2.57. The van der Waals surface area contributed by atoms with Gasteiger partial charge in [0.2, 0.25) is 0 Å². The minimum absolute atomic E-state index is 0.358. The van der Waals surface area contributed by atoms with Crippen molar-refractivity contribution in [2.24, 2.45) is 5.41 Å². The molecule has 0 aliphatic heterocycles. The lowest BCUT2D eigenvalue weighted by atomic mass is 9.60. The van der Waals surface area contributed by atoms with E-state index in [0.717, 1.165) is 0 Å². The average molecular weight is 218 g/mol. The molecular weight excluding hydrogens is 200 g/mol. The van der Waals surface area contributed by atoms with E-state index >= 15 is 0 Å². The molecule has 3 rings (SSSR count). The molecule has 1 atom stereocenters. The zero-order valence-corrected chi connectivity index (χ0v) is 10.6. The van der Waals surface area contributed by atoms with Crippen molar-refractivity contribution in [3.05, 3.63) is 27.5 Å². The first-order valence-electron chi connectivity index (χ1n) is 5.85. The summed E-state index contributed by atoms with van der Waals surface area (Å²) < 4.78 is 0. The highest BCUT2D eigenvalue weighted by atomic mass is 32.1. The van der Waals surface area contributed by atoms with Gasteiger partial charge in [-0.05, 0) is 41.3 Å². The fourth-order valence-corrected chi connectivity index (χ4v) is 4.51. The number of rotatable bonds is 0. The fourth-order valence-electron chi connectivity index (χ4n) is 3.55. The van der Waals surface area contributed by atoms with Crippen LogP contribution in [-0.4, -0.2) is 0 Å². The third-order valence-electron chi connectivity index (χ3n) is 4.37. The van der Waals surface area contributed by atoms with Gasteiger partial charge in [-0.25, -0.2) is 0 Å². The molecule has 0 saturated heterocycles. The molecule has 1 saturated carbocycles. The maximum atomic E-state index is 2.47. The van der Waals surface area contributed by atoms with Crippen LogP contribution < -0.4 is 0 Å². The summed E-state index contributed by atoms with van der Waals surface area (Å²) in [6.45, 7) is 7.26. The second-order valence-corrected chi connectivity index (χ2v) is 6.77. The van der Waals surface area contributed by atoms with E-state index in [9.17, 15) is 0 Å². The van der Waals surface area contributed by atoms with E-state index in [-0.39, 0.29) is 0 Å². The summed E-state index contributed by atoms with van der Waals surface area (Å²) in [7, 11) is 0. The second-order valence-electron chi connectivity index (χ2n) is 5.83. The van der Waals surface area contributed by atoms with Gasteiger partial charge in [-0.1, -0.05) is 32.8 Å². The van der Waals surface area contributed by atoms with E-state index in [1.807, 2.05) is 11.3 Å². The fraction of sp³-hybridized carbons (Fsp3) is 0.571. The molecule has 15 heavy (non-hydrogen) atoms. The molecule has 0 bridgehead atoms. The minimum Gasteiger partial charge on any atom is -0.144 e. The quantitative estimate of drug-likeness (QED) is 0.596. The number of allylic oxidation sites excluding steroid dienone is 1. The smallest absolute Gasteiger partial charge is 0.0311 e. The summed E-state index contributed by atoms with van der Waals surface area (Å²) in [4.78, 5) is 1.52. The van der Waals surface area contributed by atoms with Crippen molar-refractivity contribution in [2.75, 3.05) is 0 Å². The van der Waals surface area contributed by atoms with Crippen molar-refractivity contribution in [1.29, 1.82) is 0 Å². The Morgan fingerprint density at radius 1 is 1.20 bits per heavy atom. The number of fused-ring (bicyclic) bond motifs is 3. The molecule has 0 amide bonds. The lowest BCUT2D eigenvalue weighted by molar-refractivity contribution is 0.266. The van der Waals surface area contributed by atoms with Crippen LogP contribution in [-0.2, 0) is 5.41 Å². The zero-order valence-electron chi connectivity index (χ0n) is 9.76. The third-order valence-corrected chi connectivity index (χ3v) is 5.23. The second kappa shape index (κ2) is 2.76. The molecule has 0 nitrogen and oxygen atoms in total. The number of hydrogen-bond donors (Lipinski definition) is 0. The van der Waals surface area contributed by atoms with Crippen LogP contribution >= 0.6 is 11.3 Å². The lowest BCUT2D eigenvalue weighted by Gasteiger charge is -2.43. The van der Waals surface area contributed by atoms with Crippen LogP contribution in [0.5, 0.6) is 0 Å². The number of hydrogen-bond acceptors (Lipinski definition) is 1.